The van der Waals surface area contributed by atoms with Crippen molar-refractivity contribution in [3.8, 4) is 5.75 Å². The summed E-state index contributed by atoms with van der Waals surface area (Å²) in [7, 11) is 2.68. The molecule has 15 nitrogen and oxygen atoms in total. The molecule has 6 spiro atoms. The smallest absolute Gasteiger partial charge is 0.234 e. The number of rotatable bonds is 6. The predicted octanol–water partition coefficient (Wildman–Crippen LogP) is 9.98. The summed E-state index contributed by atoms with van der Waals surface area (Å²) < 4.78 is 20.9. The van der Waals surface area contributed by atoms with Crippen LogP contribution in [0.15, 0.2) is 65.8 Å². The second-order valence-corrected chi connectivity index (χ2v) is 37.1. The van der Waals surface area contributed by atoms with Crippen LogP contribution in [0.2, 0.25) is 0 Å². The molecule has 4 saturated heterocycles. The molecule has 1 amide bonds. The normalized spacial score (nSPS) is 50.5. The highest BCUT2D eigenvalue weighted by molar-refractivity contribution is 8.76. The third-order valence-corrected chi connectivity index (χ3v) is 34.7. The first kappa shape index (κ1) is 64.7. The Morgan fingerprint density at radius 1 is 0.862 bits per heavy atom. The second-order valence-electron chi connectivity index (χ2n) is 34.6. The van der Waals surface area contributed by atoms with Gasteiger partial charge < -0.3 is 65.3 Å². The Morgan fingerprint density at radius 2 is 1.66 bits per heavy atom. The number of aliphatic hydroxyl groups is 7. The van der Waals surface area contributed by atoms with Crippen LogP contribution in [0.3, 0.4) is 0 Å². The van der Waals surface area contributed by atoms with Gasteiger partial charge in [0.05, 0.1) is 54.1 Å². The molecule has 10 aliphatic carbocycles. The maximum atomic E-state index is 17.1. The molecule has 514 valence electrons. The highest BCUT2D eigenvalue weighted by Gasteiger charge is 2.87. The number of fused-ring (bicyclic) bond motifs is 4. The van der Waals surface area contributed by atoms with Crippen molar-refractivity contribution in [3.63, 3.8) is 0 Å². The van der Waals surface area contributed by atoms with Crippen LogP contribution in [0, 0.1) is 91.2 Å². The van der Waals surface area contributed by atoms with Crippen molar-refractivity contribution in [2.75, 3.05) is 43.6 Å². The van der Waals surface area contributed by atoms with Crippen molar-refractivity contribution in [1.82, 2.24) is 5.32 Å². The number of ether oxygens (including phenoxy) is 3. The molecule has 10 bridgehead atoms. The Bertz CT molecular complexity index is 3360. The van der Waals surface area contributed by atoms with Crippen LogP contribution in [0.4, 0.5) is 5.69 Å². The molecule has 0 radical (unpaired) electrons. The molecule has 0 unspecified atom stereocenters. The number of aryl methyl sites for hydroxylation is 1. The first-order valence-corrected chi connectivity index (χ1v) is 39.6. The standard InChI is InChI=1S/C77H106N2O13S2/c1-44(2)45(3)62-64(92-62)73(88)24-12-19-68-28-30-91-76-27-18-59(73)74(68,76)26-16-46-31-51(35-52(82)32-46)79-42-69(25-17-53(63(69)85)57-34-48-33-47-13-11-29-90-58(47)36-54(48)70(78-57)20-6-5-7-21-70)77(65(79)86)49(40-80)14-10-15-50(77)41-93-94-66(87)72-39-61(84)75(89,43-81)71(22-8-9-23-71)67(72,4)56(38-68)55(76)37-60(72)83/h11-13,19,31-33,35,37,44-45,48-50,53-54,56-59,61-64,66,78,80-82,84-85,87-89H,5-10,14-18,20-30,34,36,38-43H2,1-4H3/t45-,48+,49-,50+,53-,54-,56+,57-,58+,59-,61-,62+,63-,64-,66+,67+,68+,69+,72+,73-,74+,75-,76-,77+/m1/s1. The number of phenols is 1. The van der Waals surface area contributed by atoms with Crippen LogP contribution in [-0.4, -0.2) is 156 Å². The summed E-state index contributed by atoms with van der Waals surface area (Å²) in [6.07, 6.45) is 26.5. The Kier molecular flexibility index (Phi) is 15.3. The summed E-state index contributed by atoms with van der Waals surface area (Å²) >= 11 is 0. The van der Waals surface area contributed by atoms with Crippen molar-refractivity contribution >= 4 is 39.0 Å². The zero-order chi connectivity index (χ0) is 65.2. The van der Waals surface area contributed by atoms with E-state index >= 15 is 9.59 Å². The number of allylic oxidation sites excluding steroid dienone is 3. The molecule has 7 saturated carbocycles. The second kappa shape index (κ2) is 22.2. The Labute approximate surface area is 563 Å². The number of piperidine rings is 1. The fourth-order valence-electron chi connectivity index (χ4n) is 27.9. The van der Waals surface area contributed by atoms with Gasteiger partial charge in [-0.25, -0.2) is 0 Å². The number of hydrogen-bond acceptors (Lipinski definition) is 16. The molecule has 19 rings (SSSR count). The van der Waals surface area contributed by atoms with Gasteiger partial charge >= 0.3 is 0 Å². The molecule has 18 aliphatic rings. The molecule has 17 heteroatoms. The summed E-state index contributed by atoms with van der Waals surface area (Å²) in [5.41, 5.74) is -10.5. The third kappa shape index (κ3) is 7.95. The fraction of sp³-hybridized carbons (Fsp3) is 0.792. The number of anilines is 1. The van der Waals surface area contributed by atoms with Gasteiger partial charge in [0.25, 0.3) is 0 Å². The highest BCUT2D eigenvalue weighted by Crippen LogP contribution is 2.85. The van der Waals surface area contributed by atoms with E-state index in [4.69, 9.17) is 14.2 Å². The van der Waals surface area contributed by atoms with E-state index in [2.05, 4.69) is 69.5 Å². The van der Waals surface area contributed by atoms with Gasteiger partial charge in [0.15, 0.2) is 5.78 Å². The monoisotopic (exact) mass is 1330 g/mol. The number of ketones is 1. The first-order valence-electron chi connectivity index (χ1n) is 37.3. The fourth-order valence-corrected chi connectivity index (χ4v) is 30.9. The van der Waals surface area contributed by atoms with Gasteiger partial charge in [0.1, 0.15) is 28.5 Å². The number of aromatic hydroxyl groups is 1. The largest absolute Gasteiger partial charge is 0.508 e. The lowest BCUT2D eigenvalue weighted by Crippen LogP contribution is -2.81. The number of amides is 1. The highest BCUT2D eigenvalue weighted by atomic mass is 33.1. The van der Waals surface area contributed by atoms with Crippen LogP contribution >= 0.6 is 21.6 Å². The number of hydrogen-bond donors (Lipinski definition) is 9. The van der Waals surface area contributed by atoms with Gasteiger partial charge in [-0.2, -0.15) is 0 Å². The lowest BCUT2D eigenvalue weighted by atomic mass is 9.29. The van der Waals surface area contributed by atoms with Gasteiger partial charge in [0, 0.05) is 82.3 Å². The zero-order valence-electron chi connectivity index (χ0n) is 56.0. The van der Waals surface area contributed by atoms with Crippen LogP contribution in [-0.2, 0) is 30.2 Å². The quantitative estimate of drug-likeness (QED) is 0.0731. The zero-order valence-corrected chi connectivity index (χ0v) is 57.7. The molecule has 1 aromatic carbocycles. The minimum atomic E-state index is -2.02. The molecule has 0 aromatic heterocycles. The van der Waals surface area contributed by atoms with Crippen LogP contribution < -0.4 is 10.2 Å². The maximum Gasteiger partial charge on any atom is 0.234 e. The van der Waals surface area contributed by atoms with Crippen LogP contribution in [0.25, 0.3) is 0 Å². The average Bonchev–Trinajstić information content (AvgIpc) is 1.14. The molecular weight excluding hydrogens is 1220 g/mol. The summed E-state index contributed by atoms with van der Waals surface area (Å²) in [5, 5.41) is 109. The summed E-state index contributed by atoms with van der Waals surface area (Å²) in [6.45, 7) is 9.04. The summed E-state index contributed by atoms with van der Waals surface area (Å²) in [5.74, 6) is -0.835. The Morgan fingerprint density at radius 3 is 2.44 bits per heavy atom. The molecule has 8 aliphatic heterocycles. The number of benzene rings is 1. The van der Waals surface area contributed by atoms with Crippen molar-refractivity contribution in [2.24, 2.45) is 91.2 Å². The Balaban J connectivity index is 0.839. The van der Waals surface area contributed by atoms with E-state index in [1.165, 1.54) is 33.6 Å². The Hall–Kier alpha value is -2.62. The van der Waals surface area contributed by atoms with Crippen molar-refractivity contribution in [2.45, 2.75) is 246 Å². The first-order chi connectivity index (χ1) is 45.1. The van der Waals surface area contributed by atoms with Gasteiger partial charge in [-0.3, -0.25) is 9.59 Å². The lowest BCUT2D eigenvalue weighted by Gasteiger charge is -2.76. The third-order valence-electron chi connectivity index (χ3n) is 32.0. The molecular formula is C77H106N2O13S2. The topological polar surface area (TPSA) is 242 Å². The SMILES string of the molecule is CC(C)[C@@H](C)[C@@H]1O[C@H]1[C@@]1(O)CC=C[C@@]23CCO[C@@]45CC[C@H]1[C@@]24CCc1cc(O)cc(c1)N1C[C@]2(CC[C@H]([C@H]4C[C@@H]6C=C7C=CCO[C@H]7C[C@H]6C6(CCCCC6)N4)[C@H]2O)[C@@]2(C1=O)[C@@H](CO)CCC[C@H]2CSS[C@H](O)[C@@]12C[C@@H](O)[C@](O)(CO)C4(CCCC4)[C@]1(C)[C@@H](C3)C5=CC2=O. The number of carbonyl (C=O) groups excluding carboxylic acids is 2. The van der Waals surface area contributed by atoms with E-state index in [0.29, 0.717) is 139 Å². The number of phenolic OH excluding ortho intramolecular Hbond substituents is 1. The van der Waals surface area contributed by atoms with E-state index in [1.54, 1.807) is 6.07 Å². The number of nitrogens with one attached hydrogen (secondary N) is 1. The van der Waals surface area contributed by atoms with Crippen LogP contribution in [0.1, 0.15) is 181 Å². The van der Waals surface area contributed by atoms with E-state index in [1.807, 2.05) is 17.0 Å². The number of aliphatic hydroxyl groups excluding tert-OH is 5. The van der Waals surface area contributed by atoms with Gasteiger partial charge in [-0.05, 0) is 197 Å². The predicted molar refractivity (Wildman–Crippen MR) is 360 cm³/mol. The van der Waals surface area contributed by atoms with E-state index in [9.17, 15) is 40.9 Å². The molecule has 8 heterocycles. The van der Waals surface area contributed by atoms with E-state index in [-0.39, 0.29) is 84.5 Å². The van der Waals surface area contributed by atoms with Crippen molar-refractivity contribution in [3.05, 3.63) is 71.4 Å². The van der Waals surface area contributed by atoms with Crippen LogP contribution in [0.5, 0.6) is 5.75 Å². The summed E-state index contributed by atoms with van der Waals surface area (Å²) in [6, 6.07) is 5.61. The number of nitrogens with zero attached hydrogens (tertiary/aromatic N) is 1. The lowest BCUT2D eigenvalue weighted by molar-refractivity contribution is -0.321. The molecule has 11 fully saturated rings. The summed E-state index contributed by atoms with van der Waals surface area (Å²) in [4.78, 5) is 35.8. The number of epoxide rings is 1. The minimum absolute atomic E-state index is 0.0249. The molecule has 24 atom stereocenters. The molecule has 1 aromatic rings. The molecule has 9 N–H and O–H groups in total. The maximum absolute atomic E-state index is 17.1. The molecule has 94 heavy (non-hydrogen) atoms. The van der Waals surface area contributed by atoms with Gasteiger partial charge in [0.2, 0.25) is 5.91 Å². The van der Waals surface area contributed by atoms with Crippen molar-refractivity contribution < 1.29 is 64.7 Å². The number of carbonyl (C=O) groups is 2. The van der Waals surface area contributed by atoms with Gasteiger partial charge in [-0.1, -0.05) is 118 Å². The van der Waals surface area contributed by atoms with E-state index in [0.717, 1.165) is 56.1 Å². The van der Waals surface area contributed by atoms with E-state index < -0.39 is 96.9 Å². The van der Waals surface area contributed by atoms with Crippen molar-refractivity contribution in [1.29, 1.82) is 0 Å². The average molecular weight is 1330 g/mol. The minimum Gasteiger partial charge on any atom is -0.508 e. The van der Waals surface area contributed by atoms with Gasteiger partial charge in [-0.15, -0.1) is 0 Å².